The Bertz CT molecular complexity index is 444. The topological polar surface area (TPSA) is 27.0 Å². The standard InChI is InChI=1S/C15H19FN2/c1-12-6-7-14(16)10-13(12)11-18(9-8-17)15-4-2-3-5-15/h6-7,10,15H,2-5,9,11H2,1H3. The van der Waals surface area contributed by atoms with Crippen molar-refractivity contribution in [1.29, 1.82) is 5.26 Å². The highest BCUT2D eigenvalue weighted by Crippen LogP contribution is 2.25. The molecule has 0 amide bonds. The van der Waals surface area contributed by atoms with Crippen molar-refractivity contribution in [3.05, 3.63) is 35.1 Å². The van der Waals surface area contributed by atoms with Gasteiger partial charge in [0.15, 0.2) is 0 Å². The van der Waals surface area contributed by atoms with Crippen molar-refractivity contribution in [3.63, 3.8) is 0 Å². The summed E-state index contributed by atoms with van der Waals surface area (Å²) in [6.45, 7) is 3.11. The normalized spacial score (nSPS) is 16.1. The van der Waals surface area contributed by atoms with Crippen LogP contribution in [-0.4, -0.2) is 17.5 Å². The second kappa shape index (κ2) is 5.97. The lowest BCUT2D eigenvalue weighted by atomic mass is 10.1. The zero-order valence-electron chi connectivity index (χ0n) is 10.8. The van der Waals surface area contributed by atoms with Crippen molar-refractivity contribution in [1.82, 2.24) is 4.90 Å². The highest BCUT2D eigenvalue weighted by molar-refractivity contribution is 5.26. The van der Waals surface area contributed by atoms with Crippen LogP contribution < -0.4 is 0 Å². The predicted molar refractivity (Wildman–Crippen MR) is 69.4 cm³/mol. The number of halogens is 1. The number of rotatable bonds is 4. The van der Waals surface area contributed by atoms with Gasteiger partial charge in [0.25, 0.3) is 0 Å². The maximum Gasteiger partial charge on any atom is 0.123 e. The molecule has 0 saturated heterocycles. The molecule has 18 heavy (non-hydrogen) atoms. The minimum atomic E-state index is -0.195. The summed E-state index contributed by atoms with van der Waals surface area (Å²) in [7, 11) is 0. The van der Waals surface area contributed by atoms with Gasteiger partial charge in [-0.3, -0.25) is 4.90 Å². The van der Waals surface area contributed by atoms with E-state index in [4.69, 9.17) is 5.26 Å². The van der Waals surface area contributed by atoms with Crippen LogP contribution in [0.25, 0.3) is 0 Å². The average Bonchev–Trinajstić information content (AvgIpc) is 2.87. The molecular weight excluding hydrogens is 227 g/mol. The third kappa shape index (κ3) is 3.08. The fourth-order valence-electron chi connectivity index (χ4n) is 2.70. The molecule has 1 fully saturated rings. The van der Waals surface area contributed by atoms with Crippen LogP contribution >= 0.6 is 0 Å². The SMILES string of the molecule is Cc1ccc(F)cc1CN(CC#N)C1CCCC1. The van der Waals surface area contributed by atoms with E-state index in [0.717, 1.165) is 24.0 Å². The van der Waals surface area contributed by atoms with E-state index >= 15 is 0 Å². The quantitative estimate of drug-likeness (QED) is 0.761. The first-order valence-electron chi connectivity index (χ1n) is 6.56. The van der Waals surface area contributed by atoms with E-state index in [0.29, 0.717) is 19.1 Å². The maximum absolute atomic E-state index is 13.3. The van der Waals surface area contributed by atoms with Gasteiger partial charge >= 0.3 is 0 Å². The van der Waals surface area contributed by atoms with Gasteiger partial charge in [-0.25, -0.2) is 4.39 Å². The smallest absolute Gasteiger partial charge is 0.123 e. The summed E-state index contributed by atoms with van der Waals surface area (Å²) in [6, 6.07) is 7.61. The van der Waals surface area contributed by atoms with E-state index < -0.39 is 0 Å². The van der Waals surface area contributed by atoms with Gasteiger partial charge in [-0.15, -0.1) is 0 Å². The first kappa shape index (κ1) is 13.0. The average molecular weight is 246 g/mol. The number of nitrogens with zero attached hydrogens (tertiary/aromatic N) is 2. The lowest BCUT2D eigenvalue weighted by molar-refractivity contribution is 0.213. The first-order chi connectivity index (χ1) is 8.70. The molecule has 1 aliphatic carbocycles. The van der Waals surface area contributed by atoms with Gasteiger partial charge in [-0.1, -0.05) is 18.9 Å². The number of nitriles is 1. The Morgan fingerprint density at radius 1 is 1.39 bits per heavy atom. The molecule has 0 atom stereocenters. The molecular formula is C15H19FN2. The summed E-state index contributed by atoms with van der Waals surface area (Å²) in [5.74, 6) is -0.195. The third-order valence-electron chi connectivity index (χ3n) is 3.80. The Morgan fingerprint density at radius 3 is 2.78 bits per heavy atom. The van der Waals surface area contributed by atoms with Crippen LogP contribution in [0.1, 0.15) is 36.8 Å². The van der Waals surface area contributed by atoms with Crippen molar-refractivity contribution in [3.8, 4) is 6.07 Å². The van der Waals surface area contributed by atoms with Gasteiger partial charge in [-0.05, 0) is 43.0 Å². The largest absolute Gasteiger partial charge is 0.283 e. The second-order valence-electron chi connectivity index (χ2n) is 5.07. The molecule has 96 valence electrons. The van der Waals surface area contributed by atoms with Crippen molar-refractivity contribution in [2.24, 2.45) is 0 Å². The monoisotopic (exact) mass is 246 g/mol. The highest BCUT2D eigenvalue weighted by Gasteiger charge is 2.22. The summed E-state index contributed by atoms with van der Waals surface area (Å²) < 4.78 is 13.3. The molecule has 1 saturated carbocycles. The van der Waals surface area contributed by atoms with Gasteiger partial charge in [0.1, 0.15) is 5.82 Å². The number of aryl methyl sites for hydroxylation is 1. The van der Waals surface area contributed by atoms with E-state index in [1.165, 1.54) is 18.9 Å². The zero-order valence-corrected chi connectivity index (χ0v) is 10.8. The summed E-state index contributed by atoms with van der Waals surface area (Å²) in [5, 5.41) is 8.93. The van der Waals surface area contributed by atoms with E-state index in [1.807, 2.05) is 13.0 Å². The summed E-state index contributed by atoms with van der Waals surface area (Å²) in [5.41, 5.74) is 2.09. The van der Waals surface area contributed by atoms with Gasteiger partial charge < -0.3 is 0 Å². The van der Waals surface area contributed by atoms with Crippen LogP contribution in [0.5, 0.6) is 0 Å². The second-order valence-corrected chi connectivity index (χ2v) is 5.07. The Balaban J connectivity index is 2.12. The van der Waals surface area contributed by atoms with Crippen molar-refractivity contribution >= 4 is 0 Å². The van der Waals surface area contributed by atoms with Crippen molar-refractivity contribution in [2.45, 2.75) is 45.2 Å². The van der Waals surface area contributed by atoms with E-state index in [2.05, 4.69) is 11.0 Å². The van der Waals surface area contributed by atoms with E-state index in [-0.39, 0.29) is 5.82 Å². The Hall–Kier alpha value is -1.40. The Morgan fingerprint density at radius 2 is 2.11 bits per heavy atom. The number of benzene rings is 1. The van der Waals surface area contributed by atoms with Crippen LogP contribution in [0.2, 0.25) is 0 Å². The molecule has 0 radical (unpaired) electrons. The Labute approximate surface area is 108 Å². The maximum atomic E-state index is 13.3. The lowest BCUT2D eigenvalue weighted by Crippen LogP contribution is -2.33. The molecule has 0 heterocycles. The van der Waals surface area contributed by atoms with E-state index in [9.17, 15) is 4.39 Å². The minimum absolute atomic E-state index is 0.195. The molecule has 2 nitrogen and oxygen atoms in total. The number of hydrogen-bond acceptors (Lipinski definition) is 2. The van der Waals surface area contributed by atoms with Crippen LogP contribution in [0.3, 0.4) is 0 Å². The van der Waals surface area contributed by atoms with Crippen LogP contribution in [0, 0.1) is 24.1 Å². The molecule has 1 aromatic rings. The summed E-state index contributed by atoms with van der Waals surface area (Å²) in [4.78, 5) is 2.19. The lowest BCUT2D eigenvalue weighted by Gasteiger charge is -2.26. The molecule has 0 aromatic heterocycles. The predicted octanol–water partition coefficient (Wildman–Crippen LogP) is 3.40. The molecule has 1 aliphatic rings. The summed E-state index contributed by atoms with van der Waals surface area (Å²) in [6.07, 6.45) is 4.82. The molecule has 2 rings (SSSR count). The first-order valence-corrected chi connectivity index (χ1v) is 6.56. The molecule has 0 spiro atoms. The van der Waals surface area contributed by atoms with Gasteiger partial charge in [0.05, 0.1) is 12.6 Å². The molecule has 0 bridgehead atoms. The third-order valence-corrected chi connectivity index (χ3v) is 3.80. The fourth-order valence-corrected chi connectivity index (χ4v) is 2.70. The van der Waals surface area contributed by atoms with Crippen molar-refractivity contribution < 1.29 is 4.39 Å². The van der Waals surface area contributed by atoms with Crippen LogP contribution in [0.15, 0.2) is 18.2 Å². The van der Waals surface area contributed by atoms with Crippen LogP contribution in [0.4, 0.5) is 4.39 Å². The molecule has 1 aromatic carbocycles. The summed E-state index contributed by atoms with van der Waals surface area (Å²) >= 11 is 0. The van der Waals surface area contributed by atoms with Gasteiger partial charge in [-0.2, -0.15) is 5.26 Å². The zero-order chi connectivity index (χ0) is 13.0. The molecule has 0 unspecified atom stereocenters. The van der Waals surface area contributed by atoms with Gasteiger partial charge in [0, 0.05) is 12.6 Å². The molecule has 0 aliphatic heterocycles. The van der Waals surface area contributed by atoms with Crippen molar-refractivity contribution in [2.75, 3.05) is 6.54 Å². The Kier molecular flexibility index (Phi) is 4.33. The van der Waals surface area contributed by atoms with Gasteiger partial charge in [0.2, 0.25) is 0 Å². The number of hydrogen-bond donors (Lipinski definition) is 0. The highest BCUT2D eigenvalue weighted by atomic mass is 19.1. The van der Waals surface area contributed by atoms with E-state index in [1.54, 1.807) is 6.07 Å². The molecule has 3 heteroatoms. The minimum Gasteiger partial charge on any atom is -0.283 e. The molecule has 0 N–H and O–H groups in total. The van der Waals surface area contributed by atoms with Crippen LogP contribution in [-0.2, 0) is 6.54 Å². The fraction of sp³-hybridized carbons (Fsp3) is 0.533.